The number of morpholine rings is 1. The first kappa shape index (κ1) is 19.8. The number of pyridine rings is 1. The van der Waals surface area contributed by atoms with Crippen LogP contribution in [0.3, 0.4) is 0 Å². The molecule has 2 aliphatic rings. The fraction of sp³-hybridized carbons (Fsp3) is 0.500. The lowest BCUT2D eigenvalue weighted by Crippen LogP contribution is -2.60. The number of aromatic nitrogens is 2. The van der Waals surface area contributed by atoms with Gasteiger partial charge in [0, 0.05) is 50.9 Å². The van der Waals surface area contributed by atoms with Gasteiger partial charge in [0.1, 0.15) is 0 Å². The number of hydrogen-bond acceptors (Lipinski definition) is 6. The Morgan fingerprint density at radius 3 is 2.93 bits per heavy atom. The highest BCUT2D eigenvalue weighted by atomic mass is 32.1. The lowest BCUT2D eigenvalue weighted by Gasteiger charge is -2.42. The van der Waals surface area contributed by atoms with Gasteiger partial charge in [0.05, 0.1) is 30.4 Å². The molecular weight excluding hydrogens is 390 g/mol. The Morgan fingerprint density at radius 1 is 1.45 bits per heavy atom. The highest BCUT2D eigenvalue weighted by Gasteiger charge is 2.58. The molecule has 2 aromatic heterocycles. The van der Waals surface area contributed by atoms with E-state index in [-0.39, 0.29) is 24.4 Å². The van der Waals surface area contributed by atoms with E-state index in [9.17, 15) is 9.59 Å². The molecular formula is C20H25N5O3S. The van der Waals surface area contributed by atoms with Crippen molar-refractivity contribution in [2.45, 2.75) is 25.0 Å². The predicted molar refractivity (Wildman–Crippen MR) is 109 cm³/mol. The Kier molecular flexibility index (Phi) is 5.26. The van der Waals surface area contributed by atoms with E-state index in [1.54, 1.807) is 42.7 Å². The highest BCUT2D eigenvalue weighted by Crippen LogP contribution is 2.42. The standard InChI is InChI=1S/C20H25N5O3S/c1-14-22-16(12-29-14)10-24-7-8-28-20(18(24)26)13-25(19(27)23(2)3)11-17(20)15-5-4-6-21-9-15/h4-6,9,12,17H,7-8,10-11,13H2,1-3H3. The van der Waals surface area contributed by atoms with E-state index < -0.39 is 5.60 Å². The number of aryl methyl sites for hydroxylation is 1. The van der Waals surface area contributed by atoms with Crippen LogP contribution in [0, 0.1) is 6.92 Å². The first-order valence-corrected chi connectivity index (χ1v) is 10.5. The number of ether oxygens (including phenoxy) is 1. The van der Waals surface area contributed by atoms with E-state index in [1.807, 2.05) is 29.3 Å². The maximum absolute atomic E-state index is 13.7. The number of thiazole rings is 1. The van der Waals surface area contributed by atoms with E-state index in [0.717, 1.165) is 16.3 Å². The summed E-state index contributed by atoms with van der Waals surface area (Å²) in [7, 11) is 3.43. The van der Waals surface area contributed by atoms with Gasteiger partial charge in [0.15, 0.2) is 5.60 Å². The Balaban J connectivity index is 1.67. The van der Waals surface area contributed by atoms with Gasteiger partial charge in [-0.25, -0.2) is 9.78 Å². The van der Waals surface area contributed by atoms with Gasteiger partial charge in [0.25, 0.3) is 5.91 Å². The molecule has 2 aromatic rings. The van der Waals surface area contributed by atoms with Crippen molar-refractivity contribution in [2.24, 2.45) is 0 Å². The third kappa shape index (κ3) is 3.60. The summed E-state index contributed by atoms with van der Waals surface area (Å²) in [6, 6.07) is 3.67. The summed E-state index contributed by atoms with van der Waals surface area (Å²) in [5.74, 6) is -0.357. The van der Waals surface area contributed by atoms with Gasteiger partial charge in [-0.1, -0.05) is 6.07 Å². The molecule has 0 radical (unpaired) electrons. The average Bonchev–Trinajstić information content (AvgIpc) is 3.30. The van der Waals surface area contributed by atoms with Gasteiger partial charge in [-0.2, -0.15) is 0 Å². The minimum absolute atomic E-state index is 0.0858. The van der Waals surface area contributed by atoms with Crippen LogP contribution in [0.2, 0.25) is 0 Å². The molecule has 3 amide bonds. The van der Waals surface area contributed by atoms with Gasteiger partial charge >= 0.3 is 6.03 Å². The second-order valence-electron chi connectivity index (χ2n) is 7.72. The molecule has 1 spiro atoms. The van der Waals surface area contributed by atoms with Crippen LogP contribution in [-0.4, -0.2) is 82.5 Å². The third-order valence-corrected chi connectivity index (χ3v) is 6.34. The van der Waals surface area contributed by atoms with Crippen LogP contribution >= 0.6 is 11.3 Å². The fourth-order valence-corrected chi connectivity index (χ4v) is 4.77. The van der Waals surface area contributed by atoms with Crippen LogP contribution in [0.4, 0.5) is 4.79 Å². The van der Waals surface area contributed by atoms with E-state index in [1.165, 1.54) is 4.90 Å². The Bertz CT molecular complexity index is 903. The molecule has 0 aliphatic carbocycles. The van der Waals surface area contributed by atoms with Crippen LogP contribution in [0.5, 0.6) is 0 Å². The Labute approximate surface area is 174 Å². The van der Waals surface area contributed by atoms with Gasteiger partial charge < -0.3 is 19.4 Å². The lowest BCUT2D eigenvalue weighted by atomic mass is 9.83. The largest absolute Gasteiger partial charge is 0.361 e. The first-order valence-electron chi connectivity index (χ1n) is 9.61. The van der Waals surface area contributed by atoms with Crippen molar-refractivity contribution in [2.75, 3.05) is 40.3 Å². The zero-order valence-electron chi connectivity index (χ0n) is 16.9. The van der Waals surface area contributed by atoms with E-state index in [4.69, 9.17) is 4.74 Å². The van der Waals surface area contributed by atoms with Crippen LogP contribution in [0.1, 0.15) is 22.2 Å². The molecule has 154 valence electrons. The van der Waals surface area contributed by atoms with Gasteiger partial charge in [-0.05, 0) is 18.6 Å². The number of amides is 3. The lowest BCUT2D eigenvalue weighted by molar-refractivity contribution is -0.172. The van der Waals surface area contributed by atoms with Gasteiger partial charge in [-0.3, -0.25) is 9.78 Å². The molecule has 29 heavy (non-hydrogen) atoms. The Morgan fingerprint density at radius 2 is 2.28 bits per heavy atom. The van der Waals surface area contributed by atoms with Crippen molar-refractivity contribution in [3.8, 4) is 0 Å². The number of carbonyl (C=O) groups excluding carboxylic acids is 2. The van der Waals surface area contributed by atoms with Crippen LogP contribution in [0.25, 0.3) is 0 Å². The smallest absolute Gasteiger partial charge is 0.319 e. The number of likely N-dealkylation sites (tertiary alicyclic amines) is 1. The molecule has 0 aromatic carbocycles. The number of hydrogen-bond donors (Lipinski definition) is 0. The molecule has 2 unspecified atom stereocenters. The summed E-state index contributed by atoms with van der Waals surface area (Å²) in [5.41, 5.74) is 0.689. The quantitative estimate of drug-likeness (QED) is 0.763. The molecule has 2 aliphatic heterocycles. The summed E-state index contributed by atoms with van der Waals surface area (Å²) in [5, 5.41) is 2.96. The molecule has 9 heteroatoms. The predicted octanol–water partition coefficient (Wildman–Crippen LogP) is 1.73. The van der Waals surface area contributed by atoms with E-state index in [2.05, 4.69) is 9.97 Å². The molecule has 0 bridgehead atoms. The zero-order valence-corrected chi connectivity index (χ0v) is 17.7. The minimum atomic E-state index is -1.10. The van der Waals surface area contributed by atoms with Gasteiger partial charge in [0.2, 0.25) is 0 Å². The Hall–Kier alpha value is -2.52. The summed E-state index contributed by atoms with van der Waals surface area (Å²) >= 11 is 1.58. The van der Waals surface area contributed by atoms with Crippen LogP contribution in [0.15, 0.2) is 29.9 Å². The molecule has 8 nitrogen and oxygen atoms in total. The maximum atomic E-state index is 13.7. The first-order chi connectivity index (χ1) is 13.9. The summed E-state index contributed by atoms with van der Waals surface area (Å²) in [6.07, 6.45) is 3.46. The van der Waals surface area contributed by atoms with Crippen molar-refractivity contribution >= 4 is 23.3 Å². The molecule has 4 heterocycles. The number of nitrogens with zero attached hydrogens (tertiary/aromatic N) is 5. The third-order valence-electron chi connectivity index (χ3n) is 5.52. The molecule has 4 rings (SSSR count). The van der Waals surface area contributed by atoms with Crippen molar-refractivity contribution in [3.05, 3.63) is 46.2 Å². The fourth-order valence-electron chi connectivity index (χ4n) is 4.17. The zero-order chi connectivity index (χ0) is 20.6. The second kappa shape index (κ2) is 7.72. The van der Waals surface area contributed by atoms with Crippen molar-refractivity contribution in [3.63, 3.8) is 0 Å². The summed E-state index contributed by atoms with van der Waals surface area (Å²) < 4.78 is 6.19. The van der Waals surface area contributed by atoms with Crippen molar-refractivity contribution in [1.82, 2.24) is 24.7 Å². The molecule has 0 saturated carbocycles. The number of rotatable bonds is 3. The highest BCUT2D eigenvalue weighted by molar-refractivity contribution is 7.09. The van der Waals surface area contributed by atoms with E-state index >= 15 is 0 Å². The average molecular weight is 416 g/mol. The molecule has 2 fully saturated rings. The molecule has 2 atom stereocenters. The summed E-state index contributed by atoms with van der Waals surface area (Å²) in [6.45, 7) is 3.99. The van der Waals surface area contributed by atoms with Crippen LogP contribution < -0.4 is 0 Å². The van der Waals surface area contributed by atoms with E-state index in [0.29, 0.717) is 26.2 Å². The number of urea groups is 1. The number of carbonyl (C=O) groups is 2. The molecule has 2 saturated heterocycles. The monoisotopic (exact) mass is 415 g/mol. The normalized spacial score (nSPS) is 24.4. The maximum Gasteiger partial charge on any atom is 0.319 e. The SMILES string of the molecule is Cc1nc(CN2CCOC3(CN(C(=O)N(C)C)CC3c3cccnc3)C2=O)cs1. The van der Waals surface area contributed by atoms with Crippen molar-refractivity contribution < 1.29 is 14.3 Å². The second-order valence-corrected chi connectivity index (χ2v) is 8.78. The topological polar surface area (TPSA) is 78.9 Å². The molecule has 0 N–H and O–H groups in total. The minimum Gasteiger partial charge on any atom is -0.361 e. The van der Waals surface area contributed by atoms with Crippen molar-refractivity contribution in [1.29, 1.82) is 0 Å². The van der Waals surface area contributed by atoms with Gasteiger partial charge in [-0.15, -0.1) is 11.3 Å². The summed E-state index contributed by atoms with van der Waals surface area (Å²) in [4.78, 5) is 40.1. The van der Waals surface area contributed by atoms with Crippen LogP contribution in [-0.2, 0) is 16.1 Å².